The number of anilines is 1. The summed E-state index contributed by atoms with van der Waals surface area (Å²) in [6.07, 6.45) is 5.81. The van der Waals surface area contributed by atoms with Crippen LogP contribution in [0, 0.1) is 0 Å². The molecule has 1 aliphatic rings. The molecule has 0 radical (unpaired) electrons. The molecule has 1 aliphatic heterocycles. The number of rotatable bonds is 7. The monoisotopic (exact) mass is 513 g/mol. The Hall–Kier alpha value is -4.38. The highest BCUT2D eigenvalue weighted by Gasteiger charge is 2.20. The van der Waals surface area contributed by atoms with Gasteiger partial charge in [-0.3, -0.25) is 20.0 Å². The first-order valence-electron chi connectivity index (χ1n) is 12.9. The molecule has 11 nitrogen and oxygen atoms in total. The number of pyridine rings is 1. The quantitative estimate of drug-likeness (QED) is 0.345. The SMILES string of the molecule is CCNC(=O)Nc1nc2cc(-c3ccc(CN4CCN(C(=O)CC)CC4)nc3)cc(-c3ncccn3)c2[nH]1. The number of benzene rings is 1. The highest BCUT2D eigenvalue weighted by molar-refractivity contribution is 5.97. The molecule has 0 atom stereocenters. The molecular weight excluding hydrogens is 482 g/mol. The van der Waals surface area contributed by atoms with Crippen molar-refractivity contribution < 1.29 is 9.59 Å². The lowest BCUT2D eigenvalue weighted by Gasteiger charge is -2.34. The number of piperazine rings is 1. The van der Waals surface area contributed by atoms with Gasteiger partial charge >= 0.3 is 6.03 Å². The van der Waals surface area contributed by atoms with E-state index in [0.29, 0.717) is 30.3 Å². The first kappa shape index (κ1) is 25.3. The van der Waals surface area contributed by atoms with Gasteiger partial charge in [0, 0.05) is 75.4 Å². The molecule has 1 fully saturated rings. The first-order valence-corrected chi connectivity index (χ1v) is 12.9. The van der Waals surface area contributed by atoms with Gasteiger partial charge in [0.1, 0.15) is 0 Å². The molecule has 0 aliphatic carbocycles. The van der Waals surface area contributed by atoms with Gasteiger partial charge in [-0.05, 0) is 36.8 Å². The van der Waals surface area contributed by atoms with E-state index in [-0.39, 0.29) is 11.9 Å². The normalized spacial score (nSPS) is 14.0. The summed E-state index contributed by atoms with van der Waals surface area (Å²) in [6, 6.07) is 9.49. The van der Waals surface area contributed by atoms with Crippen molar-refractivity contribution in [1.29, 1.82) is 0 Å². The van der Waals surface area contributed by atoms with Gasteiger partial charge in [-0.2, -0.15) is 0 Å². The highest BCUT2D eigenvalue weighted by atomic mass is 16.2. The maximum atomic E-state index is 12.0. The zero-order chi connectivity index (χ0) is 26.5. The van der Waals surface area contributed by atoms with Gasteiger partial charge in [-0.1, -0.05) is 13.0 Å². The molecule has 3 N–H and O–H groups in total. The van der Waals surface area contributed by atoms with Crippen molar-refractivity contribution in [2.24, 2.45) is 0 Å². The summed E-state index contributed by atoms with van der Waals surface area (Å²) in [5.74, 6) is 1.11. The predicted molar refractivity (Wildman–Crippen MR) is 145 cm³/mol. The molecule has 196 valence electrons. The van der Waals surface area contributed by atoms with Crippen LogP contribution < -0.4 is 10.6 Å². The minimum Gasteiger partial charge on any atom is -0.340 e. The molecule has 5 rings (SSSR count). The molecule has 4 aromatic rings. The molecule has 0 saturated carbocycles. The lowest BCUT2D eigenvalue weighted by atomic mass is 10.0. The third kappa shape index (κ3) is 5.62. The van der Waals surface area contributed by atoms with Crippen LogP contribution >= 0.6 is 0 Å². The minimum absolute atomic E-state index is 0.216. The van der Waals surface area contributed by atoms with E-state index in [9.17, 15) is 9.59 Å². The van der Waals surface area contributed by atoms with E-state index < -0.39 is 0 Å². The molecule has 38 heavy (non-hydrogen) atoms. The second-order valence-electron chi connectivity index (χ2n) is 9.11. The largest absolute Gasteiger partial charge is 0.340 e. The second-order valence-corrected chi connectivity index (χ2v) is 9.11. The number of imidazole rings is 1. The van der Waals surface area contributed by atoms with Crippen LogP contribution in [0.15, 0.2) is 48.9 Å². The Morgan fingerprint density at radius 2 is 1.79 bits per heavy atom. The van der Waals surface area contributed by atoms with Crippen molar-refractivity contribution in [3.8, 4) is 22.5 Å². The van der Waals surface area contributed by atoms with Crippen LogP contribution in [0.2, 0.25) is 0 Å². The number of amides is 3. The number of fused-ring (bicyclic) bond motifs is 1. The van der Waals surface area contributed by atoms with Crippen LogP contribution in [0.4, 0.5) is 10.7 Å². The number of aromatic amines is 1. The number of aromatic nitrogens is 5. The number of urea groups is 1. The van der Waals surface area contributed by atoms with Gasteiger partial charge < -0.3 is 15.2 Å². The van der Waals surface area contributed by atoms with Crippen molar-refractivity contribution >= 4 is 28.9 Å². The Labute approximate surface area is 220 Å². The molecule has 0 spiro atoms. The number of nitrogens with zero attached hydrogens (tertiary/aromatic N) is 6. The lowest BCUT2D eigenvalue weighted by molar-refractivity contribution is -0.132. The zero-order valence-electron chi connectivity index (χ0n) is 21.6. The molecule has 3 amide bonds. The average Bonchev–Trinajstić information content (AvgIpc) is 3.35. The molecule has 0 bridgehead atoms. The number of carbonyl (C=O) groups excluding carboxylic acids is 2. The molecule has 11 heteroatoms. The summed E-state index contributed by atoms with van der Waals surface area (Å²) in [5, 5.41) is 5.43. The number of carbonyl (C=O) groups is 2. The fourth-order valence-electron chi connectivity index (χ4n) is 4.56. The van der Waals surface area contributed by atoms with Crippen LogP contribution in [0.3, 0.4) is 0 Å². The maximum absolute atomic E-state index is 12.0. The average molecular weight is 514 g/mol. The molecule has 1 saturated heterocycles. The second kappa shape index (κ2) is 11.3. The summed E-state index contributed by atoms with van der Waals surface area (Å²) in [5.41, 5.74) is 5.02. The van der Waals surface area contributed by atoms with Crippen LogP contribution in [0.1, 0.15) is 26.0 Å². The fraction of sp³-hybridized carbons (Fsp3) is 0.333. The molecule has 3 aromatic heterocycles. The standard InChI is InChI=1S/C27H31N9O2/c1-3-23(37)36-12-10-35(11-13-36)17-20-7-6-18(16-31-20)19-14-21(25-29-8-5-9-30-25)24-22(15-19)32-26(33-24)34-27(38)28-4-2/h5-9,14-16H,3-4,10-13,17H2,1-2H3,(H3,28,32,33,34,38). The number of hydrogen-bond donors (Lipinski definition) is 3. The van der Waals surface area contributed by atoms with E-state index in [0.717, 1.165) is 60.6 Å². The fourth-order valence-corrected chi connectivity index (χ4v) is 4.56. The Morgan fingerprint density at radius 1 is 1.00 bits per heavy atom. The van der Waals surface area contributed by atoms with Crippen molar-refractivity contribution in [3.05, 3.63) is 54.6 Å². The Kier molecular flexibility index (Phi) is 7.55. The van der Waals surface area contributed by atoms with Gasteiger partial charge in [-0.25, -0.2) is 19.7 Å². The zero-order valence-corrected chi connectivity index (χ0v) is 21.6. The maximum Gasteiger partial charge on any atom is 0.321 e. The van der Waals surface area contributed by atoms with Crippen LogP contribution in [0.5, 0.6) is 0 Å². The molecule has 4 heterocycles. The third-order valence-electron chi connectivity index (χ3n) is 6.54. The van der Waals surface area contributed by atoms with Crippen LogP contribution in [-0.4, -0.2) is 79.4 Å². The smallest absolute Gasteiger partial charge is 0.321 e. The minimum atomic E-state index is -0.331. The molecule has 0 unspecified atom stereocenters. The predicted octanol–water partition coefficient (Wildman–Crippen LogP) is 3.28. The van der Waals surface area contributed by atoms with E-state index in [1.807, 2.05) is 43.1 Å². The first-order chi connectivity index (χ1) is 18.5. The summed E-state index contributed by atoms with van der Waals surface area (Å²) in [7, 11) is 0. The van der Waals surface area contributed by atoms with Crippen molar-refractivity contribution in [2.75, 3.05) is 38.0 Å². The summed E-state index contributed by atoms with van der Waals surface area (Å²) >= 11 is 0. The number of hydrogen-bond acceptors (Lipinski definition) is 7. The van der Waals surface area contributed by atoms with E-state index in [1.54, 1.807) is 18.5 Å². The summed E-state index contributed by atoms with van der Waals surface area (Å²) < 4.78 is 0. The topological polar surface area (TPSA) is 132 Å². The van der Waals surface area contributed by atoms with Crippen molar-refractivity contribution in [3.63, 3.8) is 0 Å². The third-order valence-corrected chi connectivity index (χ3v) is 6.54. The van der Waals surface area contributed by atoms with Gasteiger partial charge in [0.2, 0.25) is 11.9 Å². The summed E-state index contributed by atoms with van der Waals surface area (Å²) in [6.45, 7) is 8.22. The number of nitrogens with one attached hydrogen (secondary N) is 3. The van der Waals surface area contributed by atoms with Gasteiger partial charge in [0.15, 0.2) is 5.82 Å². The number of H-pyrrole nitrogens is 1. The van der Waals surface area contributed by atoms with E-state index in [4.69, 9.17) is 4.98 Å². The lowest BCUT2D eigenvalue weighted by Crippen LogP contribution is -2.48. The Bertz CT molecular complexity index is 1410. The van der Waals surface area contributed by atoms with Gasteiger partial charge in [0.25, 0.3) is 0 Å². The Balaban J connectivity index is 1.38. The van der Waals surface area contributed by atoms with Crippen LogP contribution in [-0.2, 0) is 11.3 Å². The van der Waals surface area contributed by atoms with Gasteiger partial charge in [0.05, 0.1) is 16.7 Å². The van der Waals surface area contributed by atoms with E-state index >= 15 is 0 Å². The molecular formula is C27H31N9O2. The molecule has 1 aromatic carbocycles. The summed E-state index contributed by atoms with van der Waals surface area (Å²) in [4.78, 5) is 49.6. The Morgan fingerprint density at radius 3 is 2.47 bits per heavy atom. The van der Waals surface area contributed by atoms with Crippen molar-refractivity contribution in [2.45, 2.75) is 26.8 Å². The van der Waals surface area contributed by atoms with E-state index in [2.05, 4.69) is 41.5 Å². The van der Waals surface area contributed by atoms with Gasteiger partial charge in [-0.15, -0.1) is 0 Å². The van der Waals surface area contributed by atoms with Crippen LogP contribution in [0.25, 0.3) is 33.5 Å². The van der Waals surface area contributed by atoms with Crippen molar-refractivity contribution in [1.82, 2.24) is 40.0 Å². The highest BCUT2D eigenvalue weighted by Crippen LogP contribution is 2.32. The van der Waals surface area contributed by atoms with E-state index in [1.165, 1.54) is 0 Å².